The van der Waals surface area contributed by atoms with Gasteiger partial charge in [0.1, 0.15) is 11.8 Å². The number of carbonyl (C=O) groups excluding carboxylic acids is 3. The number of rotatable bonds is 9. The summed E-state index contributed by atoms with van der Waals surface area (Å²) in [6.07, 6.45) is 3.92. The second-order valence-corrected chi connectivity index (χ2v) is 8.26. The first-order chi connectivity index (χ1) is 17.6. The summed E-state index contributed by atoms with van der Waals surface area (Å²) in [5, 5.41) is 2.98. The molecule has 1 aliphatic heterocycles. The van der Waals surface area contributed by atoms with Gasteiger partial charge in [-0.25, -0.2) is 0 Å². The maximum atomic E-state index is 12.9. The minimum Gasteiger partial charge on any atom is -0.494 e. The Morgan fingerprint density at radius 2 is 1.56 bits per heavy atom. The lowest BCUT2D eigenvalue weighted by Gasteiger charge is -2.19. The zero-order valence-corrected chi connectivity index (χ0v) is 20.5. The molecule has 1 N–H and O–H groups in total. The second-order valence-electron chi connectivity index (χ2n) is 8.26. The molecule has 4 rings (SSSR count). The summed E-state index contributed by atoms with van der Waals surface area (Å²) in [4.78, 5) is 37.6. The number of nitrogens with one attached hydrogen (secondary N) is 1. The SMILES string of the molecule is CCCOc1ccc(C=C2C(C(=O)C=O)NCN2C(=O)CCc2ccccc2)cc1.c1ccccc1. The van der Waals surface area contributed by atoms with Crippen LogP contribution in [-0.4, -0.2) is 42.2 Å². The van der Waals surface area contributed by atoms with Crippen LogP contribution in [0.15, 0.2) is 96.7 Å². The van der Waals surface area contributed by atoms with Gasteiger partial charge >= 0.3 is 0 Å². The quantitative estimate of drug-likeness (QED) is 0.353. The van der Waals surface area contributed by atoms with Crippen molar-refractivity contribution in [2.75, 3.05) is 13.3 Å². The molecule has 1 fully saturated rings. The van der Waals surface area contributed by atoms with Gasteiger partial charge in [-0.05, 0) is 42.2 Å². The van der Waals surface area contributed by atoms with E-state index in [9.17, 15) is 14.4 Å². The fourth-order valence-corrected chi connectivity index (χ4v) is 3.71. The van der Waals surface area contributed by atoms with E-state index < -0.39 is 11.8 Å². The van der Waals surface area contributed by atoms with Crippen LogP contribution >= 0.6 is 0 Å². The van der Waals surface area contributed by atoms with Crippen molar-refractivity contribution in [2.45, 2.75) is 32.2 Å². The van der Waals surface area contributed by atoms with Crippen molar-refractivity contribution in [2.24, 2.45) is 0 Å². The number of carbonyl (C=O) groups is 3. The Hall–Kier alpha value is -4.03. The maximum Gasteiger partial charge on any atom is 0.228 e. The first-order valence-corrected chi connectivity index (χ1v) is 12.1. The molecule has 3 aromatic rings. The highest BCUT2D eigenvalue weighted by molar-refractivity contribution is 6.28. The Kier molecular flexibility index (Phi) is 10.6. The summed E-state index contributed by atoms with van der Waals surface area (Å²) >= 11 is 0. The van der Waals surface area contributed by atoms with Gasteiger partial charge in [-0.3, -0.25) is 19.7 Å². The summed E-state index contributed by atoms with van der Waals surface area (Å²) in [5.41, 5.74) is 2.39. The van der Waals surface area contributed by atoms with E-state index in [1.165, 1.54) is 0 Å². The van der Waals surface area contributed by atoms with Gasteiger partial charge in [-0.15, -0.1) is 0 Å². The van der Waals surface area contributed by atoms with Gasteiger partial charge in [-0.1, -0.05) is 85.8 Å². The fraction of sp³-hybridized carbons (Fsp3) is 0.233. The van der Waals surface area contributed by atoms with Gasteiger partial charge in [0.05, 0.1) is 13.3 Å². The summed E-state index contributed by atoms with van der Waals surface area (Å²) in [5.74, 6) is 0.0732. The number of amides is 1. The van der Waals surface area contributed by atoms with Gasteiger partial charge < -0.3 is 9.64 Å². The molecule has 6 heteroatoms. The highest BCUT2D eigenvalue weighted by atomic mass is 16.5. The molecule has 1 unspecified atom stereocenters. The van der Waals surface area contributed by atoms with Crippen LogP contribution in [0.5, 0.6) is 5.75 Å². The van der Waals surface area contributed by atoms with Crippen molar-refractivity contribution in [3.63, 3.8) is 0 Å². The maximum absolute atomic E-state index is 12.9. The van der Waals surface area contributed by atoms with E-state index in [0.717, 1.165) is 23.3 Å². The smallest absolute Gasteiger partial charge is 0.228 e. The third-order valence-electron chi connectivity index (χ3n) is 5.57. The van der Waals surface area contributed by atoms with E-state index in [1.807, 2.05) is 97.9 Å². The molecule has 6 nitrogen and oxygen atoms in total. The molecule has 1 saturated heterocycles. The number of benzene rings is 3. The topological polar surface area (TPSA) is 75.7 Å². The predicted molar refractivity (Wildman–Crippen MR) is 141 cm³/mol. The van der Waals surface area contributed by atoms with Crippen LogP contribution in [0.3, 0.4) is 0 Å². The van der Waals surface area contributed by atoms with Crippen LogP contribution in [0.2, 0.25) is 0 Å². The molecule has 0 saturated carbocycles. The monoisotopic (exact) mass is 484 g/mol. The fourth-order valence-electron chi connectivity index (χ4n) is 3.71. The number of nitrogens with zero attached hydrogens (tertiary/aromatic N) is 1. The Balaban J connectivity index is 0.000000526. The summed E-state index contributed by atoms with van der Waals surface area (Å²) in [6, 6.07) is 28.4. The number of ether oxygens (including phenoxy) is 1. The van der Waals surface area contributed by atoms with E-state index in [4.69, 9.17) is 4.74 Å². The first-order valence-electron chi connectivity index (χ1n) is 12.1. The first kappa shape index (κ1) is 26.6. The van der Waals surface area contributed by atoms with Gasteiger partial charge in [0.15, 0.2) is 6.29 Å². The van der Waals surface area contributed by atoms with Crippen molar-refractivity contribution in [3.05, 3.63) is 108 Å². The van der Waals surface area contributed by atoms with Crippen LogP contribution in [-0.2, 0) is 20.8 Å². The van der Waals surface area contributed by atoms with Crippen LogP contribution in [0.4, 0.5) is 0 Å². The molecule has 1 aliphatic rings. The van der Waals surface area contributed by atoms with Crippen molar-refractivity contribution < 1.29 is 19.1 Å². The highest BCUT2D eigenvalue weighted by Crippen LogP contribution is 2.23. The molecular weight excluding hydrogens is 452 g/mol. The largest absolute Gasteiger partial charge is 0.494 e. The molecule has 36 heavy (non-hydrogen) atoms. The number of hydrogen-bond acceptors (Lipinski definition) is 5. The zero-order valence-electron chi connectivity index (χ0n) is 20.5. The highest BCUT2D eigenvalue weighted by Gasteiger charge is 2.35. The zero-order chi connectivity index (χ0) is 25.6. The molecule has 1 atom stereocenters. The molecule has 1 heterocycles. The van der Waals surface area contributed by atoms with E-state index in [2.05, 4.69) is 5.32 Å². The molecule has 0 spiro atoms. The Morgan fingerprint density at radius 1 is 0.944 bits per heavy atom. The van der Waals surface area contributed by atoms with Gasteiger partial charge in [0.25, 0.3) is 0 Å². The lowest BCUT2D eigenvalue weighted by molar-refractivity contribution is -0.130. The van der Waals surface area contributed by atoms with Crippen LogP contribution in [0.25, 0.3) is 6.08 Å². The van der Waals surface area contributed by atoms with E-state index in [1.54, 1.807) is 11.0 Å². The molecule has 0 aliphatic carbocycles. The van der Waals surface area contributed by atoms with E-state index in [0.29, 0.717) is 31.4 Å². The van der Waals surface area contributed by atoms with Gasteiger partial charge in [0, 0.05) is 12.1 Å². The average Bonchev–Trinajstić information content (AvgIpc) is 3.36. The Morgan fingerprint density at radius 3 is 2.14 bits per heavy atom. The number of aldehydes is 1. The number of hydrogen-bond donors (Lipinski definition) is 1. The average molecular weight is 485 g/mol. The molecule has 186 valence electrons. The minimum absolute atomic E-state index is 0.0956. The van der Waals surface area contributed by atoms with Crippen molar-refractivity contribution in [1.82, 2.24) is 10.2 Å². The van der Waals surface area contributed by atoms with Crippen LogP contribution in [0, 0.1) is 0 Å². The normalized spacial score (nSPS) is 15.6. The summed E-state index contributed by atoms with van der Waals surface area (Å²) < 4.78 is 5.59. The Labute approximate surface area is 212 Å². The predicted octanol–water partition coefficient (Wildman–Crippen LogP) is 4.66. The standard InChI is InChI=1S/C24H26N2O4.C6H6/c1-2-14-30-20-11-8-19(9-12-20)15-21-24(22(28)16-27)25-17-26(21)23(29)13-10-18-6-4-3-5-7-18;1-2-4-6-5-3-1/h3-9,11-12,15-16,24-25H,2,10,13-14,17H2,1H3;1-6H. The molecule has 0 aromatic heterocycles. The molecule has 0 radical (unpaired) electrons. The van der Waals surface area contributed by atoms with Crippen molar-refractivity contribution in [3.8, 4) is 5.75 Å². The minimum atomic E-state index is -0.820. The van der Waals surface area contributed by atoms with Crippen LogP contribution in [0.1, 0.15) is 30.9 Å². The molecule has 3 aromatic carbocycles. The van der Waals surface area contributed by atoms with Gasteiger partial charge in [0.2, 0.25) is 11.7 Å². The second kappa shape index (κ2) is 14.4. The number of Topliss-reactive ketones (excluding diaryl/α,β-unsaturated/α-hetero) is 1. The third kappa shape index (κ3) is 8.03. The van der Waals surface area contributed by atoms with E-state index >= 15 is 0 Å². The van der Waals surface area contributed by atoms with Crippen LogP contribution < -0.4 is 10.1 Å². The molecule has 1 amide bonds. The van der Waals surface area contributed by atoms with Crippen molar-refractivity contribution in [1.29, 1.82) is 0 Å². The van der Waals surface area contributed by atoms with Gasteiger partial charge in [-0.2, -0.15) is 0 Å². The Bertz CT molecular complexity index is 1100. The third-order valence-corrected chi connectivity index (χ3v) is 5.57. The van der Waals surface area contributed by atoms with E-state index in [-0.39, 0.29) is 12.6 Å². The summed E-state index contributed by atoms with van der Waals surface area (Å²) in [7, 11) is 0. The lowest BCUT2D eigenvalue weighted by Crippen LogP contribution is -2.32. The number of ketones is 1. The van der Waals surface area contributed by atoms with Crippen molar-refractivity contribution >= 4 is 24.1 Å². The molecule has 0 bridgehead atoms. The summed E-state index contributed by atoms with van der Waals surface area (Å²) in [6.45, 7) is 2.88. The lowest BCUT2D eigenvalue weighted by atomic mass is 10.1. The molecular formula is C30H32N2O4. The number of aryl methyl sites for hydroxylation is 1.